The molecular formula is C18H20FN3O3. The summed E-state index contributed by atoms with van der Waals surface area (Å²) in [5.41, 5.74) is 0.739. The second kappa shape index (κ2) is 7.57. The van der Waals surface area contributed by atoms with E-state index in [9.17, 15) is 9.18 Å². The molecule has 1 atom stereocenters. The molecule has 0 amide bonds. The summed E-state index contributed by atoms with van der Waals surface area (Å²) in [4.78, 5) is 22.0. The van der Waals surface area contributed by atoms with Gasteiger partial charge in [0, 0.05) is 11.8 Å². The third-order valence-electron chi connectivity index (χ3n) is 4.13. The lowest BCUT2D eigenvalue weighted by Crippen LogP contribution is -2.38. The van der Waals surface area contributed by atoms with E-state index in [1.807, 2.05) is 11.8 Å². The maximum atomic E-state index is 13.0. The molecule has 1 unspecified atom stereocenters. The fourth-order valence-electron chi connectivity index (χ4n) is 3.03. The summed E-state index contributed by atoms with van der Waals surface area (Å²) >= 11 is 0. The van der Waals surface area contributed by atoms with Crippen molar-refractivity contribution in [1.29, 1.82) is 0 Å². The number of piperidine rings is 1. The highest BCUT2D eigenvalue weighted by Gasteiger charge is 2.28. The number of nitrogens with zero attached hydrogens (tertiary/aromatic N) is 3. The zero-order valence-corrected chi connectivity index (χ0v) is 14.0. The quantitative estimate of drug-likeness (QED) is 0.896. The van der Waals surface area contributed by atoms with Crippen molar-refractivity contribution in [2.45, 2.75) is 32.2 Å². The number of hydrogen-bond donors (Lipinski definition) is 1. The van der Waals surface area contributed by atoms with Gasteiger partial charge in [-0.05, 0) is 50.6 Å². The first kappa shape index (κ1) is 17.3. The van der Waals surface area contributed by atoms with Crippen molar-refractivity contribution in [3.8, 4) is 11.6 Å². The number of carboxylic acids is 1. The van der Waals surface area contributed by atoms with E-state index in [0.717, 1.165) is 25.0 Å². The molecule has 7 heteroatoms. The molecule has 1 N–H and O–H groups in total. The van der Waals surface area contributed by atoms with Crippen LogP contribution in [0.25, 0.3) is 0 Å². The topological polar surface area (TPSA) is 75.5 Å². The summed E-state index contributed by atoms with van der Waals surface area (Å²) in [7, 11) is 0. The van der Waals surface area contributed by atoms with Gasteiger partial charge in [0.15, 0.2) is 0 Å². The molecule has 0 bridgehead atoms. The van der Waals surface area contributed by atoms with Crippen molar-refractivity contribution >= 4 is 5.97 Å². The van der Waals surface area contributed by atoms with E-state index in [1.165, 1.54) is 24.3 Å². The van der Waals surface area contributed by atoms with Crippen molar-refractivity contribution in [3.63, 3.8) is 0 Å². The molecule has 1 saturated heterocycles. The van der Waals surface area contributed by atoms with Crippen LogP contribution in [0.15, 0.2) is 30.3 Å². The minimum atomic E-state index is -0.859. The average molecular weight is 345 g/mol. The van der Waals surface area contributed by atoms with Crippen LogP contribution in [0.1, 0.15) is 36.8 Å². The summed E-state index contributed by atoms with van der Waals surface area (Å²) in [6.07, 6.45) is 2.79. The SMILES string of the molecule is Cc1cc(Oc2ccc(F)cc2)nc(C2CCCCN2CC(=O)O)n1. The zero-order valence-electron chi connectivity index (χ0n) is 14.0. The Morgan fingerprint density at radius 2 is 2.08 bits per heavy atom. The molecule has 0 saturated carbocycles. The van der Waals surface area contributed by atoms with Gasteiger partial charge in [-0.25, -0.2) is 9.37 Å². The van der Waals surface area contributed by atoms with Crippen LogP contribution in [0, 0.1) is 12.7 Å². The number of aryl methyl sites for hydroxylation is 1. The second-order valence-corrected chi connectivity index (χ2v) is 6.14. The van der Waals surface area contributed by atoms with E-state index in [-0.39, 0.29) is 18.4 Å². The first-order valence-electron chi connectivity index (χ1n) is 8.26. The molecule has 6 nitrogen and oxygen atoms in total. The Balaban J connectivity index is 1.84. The molecule has 25 heavy (non-hydrogen) atoms. The van der Waals surface area contributed by atoms with E-state index in [0.29, 0.717) is 24.0 Å². The summed E-state index contributed by atoms with van der Waals surface area (Å²) in [5.74, 6) is 0.227. The molecule has 2 aromatic rings. The standard InChI is InChI=1S/C18H20FN3O3/c1-12-10-16(25-14-7-5-13(19)6-8-14)21-18(20-12)15-4-2-3-9-22(15)11-17(23)24/h5-8,10,15H,2-4,9,11H2,1H3,(H,23,24). The largest absolute Gasteiger partial charge is 0.480 e. The van der Waals surface area contributed by atoms with E-state index in [1.54, 1.807) is 6.07 Å². The number of rotatable bonds is 5. The van der Waals surface area contributed by atoms with Crippen LogP contribution in [-0.2, 0) is 4.79 Å². The Hall–Kier alpha value is -2.54. The Morgan fingerprint density at radius 3 is 2.80 bits per heavy atom. The number of aliphatic carboxylic acids is 1. The molecule has 0 spiro atoms. The lowest BCUT2D eigenvalue weighted by molar-refractivity contribution is -0.139. The van der Waals surface area contributed by atoms with Crippen LogP contribution in [0.2, 0.25) is 0 Å². The number of carbonyl (C=O) groups is 1. The number of carboxylic acid groups (broad SMARTS) is 1. The maximum Gasteiger partial charge on any atom is 0.317 e. The van der Waals surface area contributed by atoms with Gasteiger partial charge in [0.05, 0.1) is 12.6 Å². The predicted molar refractivity (Wildman–Crippen MR) is 89.0 cm³/mol. The first-order valence-corrected chi connectivity index (χ1v) is 8.26. The van der Waals surface area contributed by atoms with Gasteiger partial charge >= 0.3 is 5.97 Å². The number of aromatic nitrogens is 2. The van der Waals surface area contributed by atoms with Crippen molar-refractivity contribution in [1.82, 2.24) is 14.9 Å². The first-order chi connectivity index (χ1) is 12.0. The van der Waals surface area contributed by atoms with Gasteiger partial charge < -0.3 is 9.84 Å². The Bertz CT molecular complexity index is 752. The molecular weight excluding hydrogens is 325 g/mol. The van der Waals surface area contributed by atoms with Gasteiger partial charge in [0.25, 0.3) is 0 Å². The molecule has 2 heterocycles. The van der Waals surface area contributed by atoms with Gasteiger partial charge in [0.2, 0.25) is 5.88 Å². The third kappa shape index (κ3) is 4.51. The molecule has 1 aromatic carbocycles. The molecule has 1 aliphatic rings. The van der Waals surface area contributed by atoms with Gasteiger partial charge in [-0.3, -0.25) is 9.69 Å². The van der Waals surface area contributed by atoms with Gasteiger partial charge in [-0.15, -0.1) is 0 Å². The van der Waals surface area contributed by atoms with Gasteiger partial charge in [0.1, 0.15) is 17.4 Å². The molecule has 1 fully saturated rings. The molecule has 132 valence electrons. The highest BCUT2D eigenvalue weighted by atomic mass is 19.1. The van der Waals surface area contributed by atoms with Gasteiger partial charge in [-0.1, -0.05) is 6.42 Å². The molecule has 1 aliphatic heterocycles. The molecule has 3 rings (SSSR count). The smallest absolute Gasteiger partial charge is 0.317 e. The minimum absolute atomic E-state index is 0.0316. The molecule has 0 radical (unpaired) electrons. The monoisotopic (exact) mass is 345 g/mol. The Morgan fingerprint density at radius 1 is 1.32 bits per heavy atom. The lowest BCUT2D eigenvalue weighted by atomic mass is 10.0. The molecule has 1 aromatic heterocycles. The second-order valence-electron chi connectivity index (χ2n) is 6.14. The lowest BCUT2D eigenvalue weighted by Gasteiger charge is -2.33. The number of hydrogen-bond acceptors (Lipinski definition) is 5. The van der Waals surface area contributed by atoms with Crippen molar-refractivity contribution < 1.29 is 19.0 Å². The van der Waals surface area contributed by atoms with Crippen LogP contribution in [0.4, 0.5) is 4.39 Å². The van der Waals surface area contributed by atoms with Crippen molar-refractivity contribution in [3.05, 3.63) is 47.7 Å². The van der Waals surface area contributed by atoms with Crippen LogP contribution in [-0.4, -0.2) is 39.0 Å². The predicted octanol–water partition coefficient (Wildman–Crippen LogP) is 3.33. The van der Waals surface area contributed by atoms with Crippen molar-refractivity contribution in [2.24, 2.45) is 0 Å². The van der Waals surface area contributed by atoms with E-state index in [4.69, 9.17) is 9.84 Å². The number of halogens is 1. The highest BCUT2D eigenvalue weighted by Crippen LogP contribution is 2.30. The van der Waals surface area contributed by atoms with Crippen molar-refractivity contribution in [2.75, 3.05) is 13.1 Å². The zero-order chi connectivity index (χ0) is 17.8. The summed E-state index contributed by atoms with van der Waals surface area (Å²) in [5, 5.41) is 9.12. The third-order valence-corrected chi connectivity index (χ3v) is 4.13. The summed E-state index contributed by atoms with van der Waals surface area (Å²) in [6, 6.07) is 7.27. The van der Waals surface area contributed by atoms with Crippen LogP contribution >= 0.6 is 0 Å². The van der Waals surface area contributed by atoms with Crippen LogP contribution in [0.5, 0.6) is 11.6 Å². The number of likely N-dealkylation sites (tertiary alicyclic amines) is 1. The number of benzene rings is 1. The maximum absolute atomic E-state index is 13.0. The number of ether oxygens (including phenoxy) is 1. The van der Waals surface area contributed by atoms with E-state index >= 15 is 0 Å². The summed E-state index contributed by atoms with van der Waals surface area (Å²) in [6.45, 7) is 2.52. The Labute approximate surface area is 145 Å². The van der Waals surface area contributed by atoms with Crippen LogP contribution < -0.4 is 4.74 Å². The van der Waals surface area contributed by atoms with Gasteiger partial charge in [-0.2, -0.15) is 4.98 Å². The minimum Gasteiger partial charge on any atom is -0.480 e. The summed E-state index contributed by atoms with van der Waals surface area (Å²) < 4.78 is 18.7. The van der Waals surface area contributed by atoms with Crippen LogP contribution in [0.3, 0.4) is 0 Å². The molecule has 0 aliphatic carbocycles. The Kier molecular flexibility index (Phi) is 5.23. The van der Waals surface area contributed by atoms with E-state index in [2.05, 4.69) is 9.97 Å². The van der Waals surface area contributed by atoms with E-state index < -0.39 is 5.97 Å². The fraction of sp³-hybridized carbons (Fsp3) is 0.389. The normalized spacial score (nSPS) is 18.1. The highest BCUT2D eigenvalue weighted by molar-refractivity contribution is 5.69. The fourth-order valence-corrected chi connectivity index (χ4v) is 3.03. The average Bonchev–Trinajstić information content (AvgIpc) is 2.56.